The molecule has 0 amide bonds. The van der Waals surface area contributed by atoms with E-state index < -0.39 is 0 Å². The molecule has 4 N–H and O–H groups in total. The maximum absolute atomic E-state index is 5.36. The first-order valence-corrected chi connectivity index (χ1v) is 4.96. The minimum absolute atomic E-state index is 0.681. The Hall–Kier alpha value is -0.560. The van der Waals surface area contributed by atoms with E-state index in [-0.39, 0.29) is 0 Å². The van der Waals surface area contributed by atoms with Gasteiger partial charge in [0.25, 0.3) is 0 Å². The van der Waals surface area contributed by atoms with Gasteiger partial charge in [-0.25, -0.2) is 0 Å². The lowest BCUT2D eigenvalue weighted by atomic mass is 10.3. The highest BCUT2D eigenvalue weighted by Gasteiger charge is 1.88. The fraction of sp³-hybridized carbons (Fsp3) is 0.800. The third-order valence-corrected chi connectivity index (χ3v) is 1.74. The molecule has 0 rings (SSSR count). The van der Waals surface area contributed by atoms with Crippen molar-refractivity contribution in [1.29, 1.82) is 0 Å². The molecule has 0 atom stereocenters. The van der Waals surface area contributed by atoms with Gasteiger partial charge in [-0.15, -0.1) is 6.42 Å². The summed E-state index contributed by atoms with van der Waals surface area (Å²) in [7, 11) is 0. The molecule has 0 saturated carbocycles. The molecule has 0 bridgehead atoms. The van der Waals surface area contributed by atoms with Crippen molar-refractivity contribution in [3.63, 3.8) is 0 Å². The number of nitrogens with one attached hydrogen (secondary N) is 2. The van der Waals surface area contributed by atoms with E-state index in [2.05, 4.69) is 16.6 Å². The second-order valence-corrected chi connectivity index (χ2v) is 2.98. The third kappa shape index (κ3) is 11.4. The Morgan fingerprint density at radius 1 is 1.00 bits per heavy atom. The van der Waals surface area contributed by atoms with Gasteiger partial charge in [-0.1, -0.05) is 5.92 Å². The van der Waals surface area contributed by atoms with Crippen molar-refractivity contribution in [2.45, 2.75) is 19.3 Å². The van der Waals surface area contributed by atoms with Crippen molar-refractivity contribution in [3.8, 4) is 12.3 Å². The SMILES string of the molecule is C#CCNCCCCNCCCN. The first kappa shape index (κ1) is 12.4. The molecule has 0 aromatic rings. The van der Waals surface area contributed by atoms with Crippen LogP contribution in [-0.4, -0.2) is 32.7 Å². The average Bonchev–Trinajstić information content (AvgIpc) is 2.16. The van der Waals surface area contributed by atoms with Gasteiger partial charge in [0.05, 0.1) is 6.54 Å². The maximum atomic E-state index is 5.36. The van der Waals surface area contributed by atoms with Crippen LogP contribution in [0.2, 0.25) is 0 Å². The van der Waals surface area contributed by atoms with Crippen molar-refractivity contribution >= 4 is 0 Å². The van der Waals surface area contributed by atoms with Crippen LogP contribution in [0.15, 0.2) is 0 Å². The second kappa shape index (κ2) is 11.4. The predicted octanol–water partition coefficient (Wildman–Crippen LogP) is -0.0722. The first-order chi connectivity index (χ1) is 6.41. The largest absolute Gasteiger partial charge is 0.330 e. The van der Waals surface area contributed by atoms with Crippen LogP contribution in [0, 0.1) is 12.3 Å². The lowest BCUT2D eigenvalue weighted by Gasteiger charge is -2.03. The molecular weight excluding hydrogens is 162 g/mol. The minimum atomic E-state index is 0.681. The van der Waals surface area contributed by atoms with Gasteiger partial charge in [0.1, 0.15) is 0 Å². The Labute approximate surface area is 81.5 Å². The van der Waals surface area contributed by atoms with E-state index in [1.807, 2.05) is 0 Å². The maximum Gasteiger partial charge on any atom is 0.0573 e. The van der Waals surface area contributed by atoms with Crippen molar-refractivity contribution in [2.75, 3.05) is 32.7 Å². The lowest BCUT2D eigenvalue weighted by Crippen LogP contribution is -2.21. The molecule has 3 heteroatoms. The van der Waals surface area contributed by atoms with Gasteiger partial charge in [-0.3, -0.25) is 0 Å². The number of terminal acetylenes is 1. The van der Waals surface area contributed by atoms with Gasteiger partial charge in [0.2, 0.25) is 0 Å². The molecule has 3 nitrogen and oxygen atoms in total. The molecule has 0 radical (unpaired) electrons. The Morgan fingerprint density at radius 3 is 2.23 bits per heavy atom. The average molecular weight is 183 g/mol. The number of rotatable bonds is 9. The summed E-state index contributed by atoms with van der Waals surface area (Å²) in [6.45, 7) is 4.59. The van der Waals surface area contributed by atoms with Crippen molar-refractivity contribution in [3.05, 3.63) is 0 Å². The summed E-state index contributed by atoms with van der Waals surface area (Å²) in [5.41, 5.74) is 5.36. The van der Waals surface area contributed by atoms with Crippen molar-refractivity contribution in [2.24, 2.45) is 5.73 Å². The van der Waals surface area contributed by atoms with Gasteiger partial charge in [-0.2, -0.15) is 0 Å². The Kier molecular flexibility index (Phi) is 10.9. The monoisotopic (exact) mass is 183 g/mol. The molecule has 0 aromatic carbocycles. The van der Waals surface area contributed by atoms with Crippen molar-refractivity contribution < 1.29 is 0 Å². The zero-order valence-corrected chi connectivity index (χ0v) is 8.31. The van der Waals surface area contributed by atoms with E-state index in [0.717, 1.165) is 32.6 Å². The van der Waals surface area contributed by atoms with Crippen LogP contribution < -0.4 is 16.4 Å². The van der Waals surface area contributed by atoms with Gasteiger partial charge in [0, 0.05) is 0 Å². The molecule has 13 heavy (non-hydrogen) atoms. The summed E-state index contributed by atoms with van der Waals surface area (Å²) in [5, 5.41) is 6.48. The highest BCUT2D eigenvalue weighted by Crippen LogP contribution is 1.84. The van der Waals surface area contributed by atoms with Crippen LogP contribution in [0.5, 0.6) is 0 Å². The zero-order chi connectivity index (χ0) is 9.78. The van der Waals surface area contributed by atoms with Crippen LogP contribution in [-0.2, 0) is 0 Å². The highest BCUT2D eigenvalue weighted by molar-refractivity contribution is 4.86. The Bertz CT molecular complexity index is 129. The minimum Gasteiger partial charge on any atom is -0.330 e. The van der Waals surface area contributed by atoms with Gasteiger partial charge in [0.15, 0.2) is 0 Å². The van der Waals surface area contributed by atoms with Crippen LogP contribution in [0.1, 0.15) is 19.3 Å². The van der Waals surface area contributed by atoms with E-state index in [1.165, 1.54) is 12.8 Å². The molecule has 0 heterocycles. The quantitative estimate of drug-likeness (QED) is 0.346. The molecule has 0 spiro atoms. The fourth-order valence-electron chi connectivity index (χ4n) is 1.01. The van der Waals surface area contributed by atoms with Crippen LogP contribution >= 0.6 is 0 Å². The zero-order valence-electron chi connectivity index (χ0n) is 8.31. The smallest absolute Gasteiger partial charge is 0.0573 e. The summed E-state index contributed by atoms with van der Waals surface area (Å²) >= 11 is 0. The lowest BCUT2D eigenvalue weighted by molar-refractivity contribution is 0.589. The molecule has 0 aliphatic rings. The third-order valence-electron chi connectivity index (χ3n) is 1.74. The van der Waals surface area contributed by atoms with Gasteiger partial charge in [-0.05, 0) is 45.4 Å². The van der Waals surface area contributed by atoms with E-state index in [9.17, 15) is 0 Å². The molecule has 0 aliphatic carbocycles. The fourth-order valence-corrected chi connectivity index (χ4v) is 1.01. The molecule has 0 aliphatic heterocycles. The Morgan fingerprint density at radius 2 is 1.62 bits per heavy atom. The summed E-state index contributed by atoms with van der Waals surface area (Å²) in [6.07, 6.45) is 8.53. The number of hydrogen-bond acceptors (Lipinski definition) is 3. The number of nitrogens with two attached hydrogens (primary N) is 1. The topological polar surface area (TPSA) is 50.1 Å². The normalized spacial score (nSPS) is 9.85. The van der Waals surface area contributed by atoms with E-state index >= 15 is 0 Å². The van der Waals surface area contributed by atoms with E-state index in [1.54, 1.807) is 0 Å². The molecule has 0 unspecified atom stereocenters. The van der Waals surface area contributed by atoms with Crippen LogP contribution in [0.4, 0.5) is 0 Å². The van der Waals surface area contributed by atoms with E-state index in [4.69, 9.17) is 12.2 Å². The van der Waals surface area contributed by atoms with E-state index in [0.29, 0.717) is 6.54 Å². The number of hydrogen-bond donors (Lipinski definition) is 3. The first-order valence-electron chi connectivity index (χ1n) is 4.96. The van der Waals surface area contributed by atoms with Crippen LogP contribution in [0.3, 0.4) is 0 Å². The molecule has 0 aromatic heterocycles. The predicted molar refractivity (Wildman–Crippen MR) is 57.5 cm³/mol. The summed E-state index contributed by atoms with van der Waals surface area (Å²) in [5.74, 6) is 2.55. The standard InChI is InChI=1S/C10H21N3/c1-2-7-12-8-3-4-9-13-10-5-6-11/h1,12-13H,3-11H2. The Balaban J connectivity index is 2.80. The van der Waals surface area contributed by atoms with Crippen molar-refractivity contribution in [1.82, 2.24) is 10.6 Å². The van der Waals surface area contributed by atoms with Crippen LogP contribution in [0.25, 0.3) is 0 Å². The number of unbranched alkanes of at least 4 members (excludes halogenated alkanes) is 1. The molecule has 0 fully saturated rings. The highest BCUT2D eigenvalue weighted by atomic mass is 14.9. The molecule has 76 valence electrons. The second-order valence-electron chi connectivity index (χ2n) is 2.98. The molecule has 0 saturated heterocycles. The summed E-state index contributed by atoms with van der Waals surface area (Å²) in [6, 6.07) is 0. The van der Waals surface area contributed by atoms with Gasteiger partial charge < -0.3 is 16.4 Å². The van der Waals surface area contributed by atoms with Gasteiger partial charge >= 0.3 is 0 Å². The summed E-state index contributed by atoms with van der Waals surface area (Å²) < 4.78 is 0. The molecular formula is C10H21N3. The summed E-state index contributed by atoms with van der Waals surface area (Å²) in [4.78, 5) is 0.